The third kappa shape index (κ3) is 5.22. The van der Waals surface area contributed by atoms with Crippen molar-refractivity contribution < 1.29 is 10.2 Å². The van der Waals surface area contributed by atoms with Crippen LogP contribution in [0.5, 0.6) is 11.5 Å². The first-order valence-electron chi connectivity index (χ1n) is 6.34. The lowest BCUT2D eigenvalue weighted by Crippen LogP contribution is -2.28. The second-order valence-corrected chi connectivity index (χ2v) is 4.67. The minimum absolute atomic E-state index is 0.167. The highest BCUT2D eigenvalue weighted by Crippen LogP contribution is 2.09. The lowest BCUT2D eigenvalue weighted by molar-refractivity contribution is 0.474. The van der Waals surface area contributed by atoms with E-state index in [-0.39, 0.29) is 16.6 Å². The van der Waals surface area contributed by atoms with Gasteiger partial charge in [-0.2, -0.15) is 10.2 Å². The molecule has 0 spiro atoms. The third-order valence-corrected chi connectivity index (χ3v) is 2.68. The van der Waals surface area contributed by atoms with Crippen LogP contribution in [0.15, 0.2) is 58.7 Å². The molecule has 112 valence electrons. The lowest BCUT2D eigenvalue weighted by Gasteiger charge is -2.01. The van der Waals surface area contributed by atoms with Gasteiger partial charge in [-0.15, -0.1) is 0 Å². The number of phenols is 2. The highest BCUT2D eigenvalue weighted by molar-refractivity contribution is 7.80. The summed E-state index contributed by atoms with van der Waals surface area (Å²) in [5.74, 6) is 0.334. The number of nitrogens with one attached hydrogen (secondary N) is 2. The summed E-state index contributed by atoms with van der Waals surface area (Å²) in [5, 5.41) is 26.7. The van der Waals surface area contributed by atoms with Gasteiger partial charge in [0.15, 0.2) is 0 Å². The smallest absolute Gasteiger partial charge is 0.207 e. The summed E-state index contributed by atoms with van der Waals surface area (Å²) in [6.07, 6.45) is 3.04. The molecule has 2 aromatic carbocycles. The van der Waals surface area contributed by atoms with Crippen molar-refractivity contribution in [1.82, 2.24) is 10.9 Å². The second-order valence-electron chi connectivity index (χ2n) is 4.26. The van der Waals surface area contributed by atoms with Crippen molar-refractivity contribution in [3.8, 4) is 11.5 Å². The molecule has 0 fully saturated rings. The Balaban J connectivity index is 1.81. The van der Waals surface area contributed by atoms with Crippen molar-refractivity contribution in [2.24, 2.45) is 10.2 Å². The van der Waals surface area contributed by atoms with E-state index < -0.39 is 0 Å². The van der Waals surface area contributed by atoms with Gasteiger partial charge < -0.3 is 10.2 Å². The maximum absolute atomic E-state index is 9.31. The van der Waals surface area contributed by atoms with E-state index in [0.717, 1.165) is 11.1 Å². The summed E-state index contributed by atoms with van der Waals surface area (Å²) in [5.41, 5.74) is 6.66. The Hall–Kier alpha value is -2.93. The summed E-state index contributed by atoms with van der Waals surface area (Å²) in [6, 6.07) is 13.3. The molecule has 0 aromatic heterocycles. The molecule has 0 amide bonds. The van der Waals surface area contributed by atoms with E-state index in [0.29, 0.717) is 0 Å². The molecule has 0 bridgehead atoms. The molecular formula is C15H14N4O2S. The molecule has 0 aliphatic carbocycles. The van der Waals surface area contributed by atoms with E-state index in [2.05, 4.69) is 21.1 Å². The van der Waals surface area contributed by atoms with E-state index in [1.807, 2.05) is 0 Å². The van der Waals surface area contributed by atoms with Crippen LogP contribution in [0.25, 0.3) is 0 Å². The molecule has 0 aliphatic rings. The van der Waals surface area contributed by atoms with E-state index >= 15 is 0 Å². The Morgan fingerprint density at radius 2 is 1.32 bits per heavy atom. The molecule has 4 N–H and O–H groups in total. The molecule has 0 heterocycles. The van der Waals surface area contributed by atoms with Crippen molar-refractivity contribution in [3.05, 3.63) is 59.7 Å². The molecule has 0 saturated carbocycles. The Labute approximate surface area is 132 Å². The first-order chi connectivity index (χ1) is 10.6. The summed E-state index contributed by atoms with van der Waals surface area (Å²) in [4.78, 5) is 0. The Kier molecular flexibility index (Phi) is 5.44. The molecule has 0 aliphatic heterocycles. The van der Waals surface area contributed by atoms with E-state index in [1.165, 1.54) is 12.4 Å². The van der Waals surface area contributed by atoms with Crippen LogP contribution < -0.4 is 10.9 Å². The zero-order chi connectivity index (χ0) is 15.8. The van der Waals surface area contributed by atoms with Crippen LogP contribution in [0.3, 0.4) is 0 Å². The van der Waals surface area contributed by atoms with Gasteiger partial charge in [-0.25, -0.2) is 0 Å². The fourth-order valence-electron chi connectivity index (χ4n) is 1.57. The summed E-state index contributed by atoms with van der Waals surface area (Å²) < 4.78 is 0. The number of hydrogen-bond donors (Lipinski definition) is 4. The van der Waals surface area contributed by atoms with Crippen LogP contribution in [-0.2, 0) is 0 Å². The quantitative estimate of drug-likeness (QED) is 0.393. The Morgan fingerprint density at radius 3 is 1.73 bits per heavy atom. The average molecular weight is 314 g/mol. The molecule has 0 radical (unpaired) electrons. The van der Waals surface area contributed by atoms with Gasteiger partial charge in [-0.05, 0) is 47.6 Å². The zero-order valence-corrected chi connectivity index (χ0v) is 12.3. The second kappa shape index (κ2) is 7.75. The zero-order valence-electron chi connectivity index (χ0n) is 11.5. The first-order valence-corrected chi connectivity index (χ1v) is 6.74. The number of aromatic hydroxyl groups is 2. The number of hydrazone groups is 2. The molecule has 0 atom stereocenters. The van der Waals surface area contributed by atoms with Gasteiger partial charge >= 0.3 is 0 Å². The SMILES string of the molecule is Oc1cccc(/C=N/NC(=S)N/N=C/c2cccc(O)c2)c1. The Morgan fingerprint density at radius 1 is 0.864 bits per heavy atom. The van der Waals surface area contributed by atoms with Crippen LogP contribution in [-0.4, -0.2) is 27.8 Å². The van der Waals surface area contributed by atoms with Crippen molar-refractivity contribution in [1.29, 1.82) is 0 Å². The van der Waals surface area contributed by atoms with Gasteiger partial charge in [-0.1, -0.05) is 24.3 Å². The Bertz CT molecular complexity index is 657. The summed E-state index contributed by atoms with van der Waals surface area (Å²) in [6.45, 7) is 0. The topological polar surface area (TPSA) is 89.2 Å². The van der Waals surface area contributed by atoms with Crippen LogP contribution in [0.4, 0.5) is 0 Å². The van der Waals surface area contributed by atoms with Crippen LogP contribution in [0.2, 0.25) is 0 Å². The van der Waals surface area contributed by atoms with Gasteiger partial charge in [0, 0.05) is 0 Å². The van der Waals surface area contributed by atoms with Crippen LogP contribution in [0.1, 0.15) is 11.1 Å². The van der Waals surface area contributed by atoms with Crippen LogP contribution in [0, 0.1) is 0 Å². The first kappa shape index (κ1) is 15.5. The van der Waals surface area contributed by atoms with E-state index in [9.17, 15) is 10.2 Å². The number of thiocarbonyl (C=S) groups is 1. The molecule has 6 nitrogen and oxygen atoms in total. The number of rotatable bonds is 4. The predicted molar refractivity (Wildman–Crippen MR) is 90.3 cm³/mol. The van der Waals surface area contributed by atoms with Crippen molar-refractivity contribution in [2.75, 3.05) is 0 Å². The van der Waals surface area contributed by atoms with E-state index in [1.54, 1.807) is 48.5 Å². The van der Waals surface area contributed by atoms with Crippen LogP contribution >= 0.6 is 12.2 Å². The molecule has 2 rings (SSSR count). The number of hydrogen-bond acceptors (Lipinski definition) is 5. The van der Waals surface area contributed by atoms with Gasteiger partial charge in [0.1, 0.15) is 11.5 Å². The third-order valence-electron chi connectivity index (χ3n) is 2.50. The number of nitrogens with zero attached hydrogens (tertiary/aromatic N) is 2. The monoisotopic (exact) mass is 314 g/mol. The summed E-state index contributed by atoms with van der Waals surface area (Å²) >= 11 is 4.99. The standard InChI is InChI=1S/C15H14N4O2S/c20-13-5-1-3-11(7-13)9-16-18-15(22)19-17-10-12-4-2-6-14(21)8-12/h1-10,20-21H,(H2,18,19,22)/b16-9+,17-10+. The fraction of sp³-hybridized carbons (Fsp3) is 0. The number of benzene rings is 2. The fourth-order valence-corrected chi connectivity index (χ4v) is 1.67. The average Bonchev–Trinajstić information content (AvgIpc) is 2.47. The molecule has 22 heavy (non-hydrogen) atoms. The highest BCUT2D eigenvalue weighted by atomic mass is 32.1. The van der Waals surface area contributed by atoms with E-state index in [4.69, 9.17) is 12.2 Å². The lowest BCUT2D eigenvalue weighted by atomic mass is 10.2. The maximum atomic E-state index is 9.31. The molecule has 0 unspecified atom stereocenters. The van der Waals surface area contributed by atoms with Crippen molar-refractivity contribution >= 4 is 29.8 Å². The van der Waals surface area contributed by atoms with Gasteiger partial charge in [0.2, 0.25) is 5.11 Å². The molecular weight excluding hydrogens is 300 g/mol. The normalized spacial score (nSPS) is 10.9. The van der Waals surface area contributed by atoms with Gasteiger partial charge in [0.25, 0.3) is 0 Å². The maximum Gasteiger partial charge on any atom is 0.207 e. The predicted octanol–water partition coefficient (Wildman–Crippen LogP) is 1.93. The minimum atomic E-state index is 0.167. The molecule has 0 saturated heterocycles. The summed E-state index contributed by atoms with van der Waals surface area (Å²) in [7, 11) is 0. The minimum Gasteiger partial charge on any atom is -0.508 e. The van der Waals surface area contributed by atoms with Gasteiger partial charge in [-0.3, -0.25) is 10.9 Å². The van der Waals surface area contributed by atoms with Crippen molar-refractivity contribution in [3.63, 3.8) is 0 Å². The largest absolute Gasteiger partial charge is 0.508 e. The highest BCUT2D eigenvalue weighted by Gasteiger charge is 1.93. The molecule has 2 aromatic rings. The molecule has 7 heteroatoms. The van der Waals surface area contributed by atoms with Crippen molar-refractivity contribution in [2.45, 2.75) is 0 Å². The number of phenolic OH excluding ortho intramolecular Hbond substituents is 2. The van der Waals surface area contributed by atoms with Gasteiger partial charge in [0.05, 0.1) is 12.4 Å².